The molecule has 1 aromatic heterocycles. The highest BCUT2D eigenvalue weighted by atomic mass is 16.6. The van der Waals surface area contributed by atoms with Gasteiger partial charge in [0.15, 0.2) is 0 Å². The Balaban J connectivity index is 1.97. The number of likely N-dealkylation sites (tertiary alicyclic amines) is 1. The summed E-state index contributed by atoms with van der Waals surface area (Å²) >= 11 is 0. The molecule has 1 saturated heterocycles. The first kappa shape index (κ1) is 11.1. The molecule has 1 fully saturated rings. The quantitative estimate of drug-likeness (QED) is 0.611. The maximum absolute atomic E-state index is 10.4. The molecule has 2 heterocycles. The van der Waals surface area contributed by atoms with Crippen LogP contribution in [-0.2, 0) is 6.54 Å². The number of hydrogen-bond acceptors (Lipinski definition) is 5. The Morgan fingerprint density at radius 3 is 2.88 bits per heavy atom. The van der Waals surface area contributed by atoms with Gasteiger partial charge < -0.3 is 10.2 Å². The summed E-state index contributed by atoms with van der Waals surface area (Å²) in [6.07, 6.45) is 0. The van der Waals surface area contributed by atoms with E-state index < -0.39 is 4.92 Å². The van der Waals surface area contributed by atoms with Crippen LogP contribution in [0.15, 0.2) is 16.5 Å². The zero-order valence-electron chi connectivity index (χ0n) is 9.13. The molecule has 0 saturated carbocycles. The van der Waals surface area contributed by atoms with Crippen molar-refractivity contribution in [2.24, 2.45) is 11.7 Å². The van der Waals surface area contributed by atoms with Gasteiger partial charge in [0.1, 0.15) is 10.7 Å². The molecular formula is C10H15N3O3. The van der Waals surface area contributed by atoms with Crippen LogP contribution in [-0.4, -0.2) is 29.0 Å². The molecule has 0 radical (unpaired) electrons. The molecule has 2 N–H and O–H groups in total. The second-order valence-corrected chi connectivity index (χ2v) is 4.33. The Kier molecular flexibility index (Phi) is 2.93. The predicted octanol–water partition coefficient (Wildman–Crippen LogP) is 0.967. The summed E-state index contributed by atoms with van der Waals surface area (Å²) in [4.78, 5) is 12.1. The Hall–Kier alpha value is -1.40. The van der Waals surface area contributed by atoms with Gasteiger partial charge in [-0.3, -0.25) is 15.0 Å². The first-order valence-corrected chi connectivity index (χ1v) is 5.27. The van der Waals surface area contributed by atoms with Crippen LogP contribution in [0.25, 0.3) is 0 Å². The van der Waals surface area contributed by atoms with Crippen LogP contribution < -0.4 is 5.73 Å². The van der Waals surface area contributed by atoms with E-state index in [1.807, 2.05) is 0 Å². The van der Waals surface area contributed by atoms with E-state index in [1.54, 1.807) is 6.07 Å². The van der Waals surface area contributed by atoms with Crippen LogP contribution in [0.5, 0.6) is 0 Å². The van der Waals surface area contributed by atoms with Crippen molar-refractivity contribution >= 4 is 5.88 Å². The molecule has 6 heteroatoms. The van der Waals surface area contributed by atoms with E-state index in [4.69, 9.17) is 10.2 Å². The summed E-state index contributed by atoms with van der Waals surface area (Å²) in [5.41, 5.74) is 5.90. The van der Waals surface area contributed by atoms with Crippen LogP contribution in [0.2, 0.25) is 0 Å². The summed E-state index contributed by atoms with van der Waals surface area (Å²) in [5.74, 6) is 0.879. The zero-order chi connectivity index (χ0) is 11.7. The van der Waals surface area contributed by atoms with Crippen LogP contribution in [0.1, 0.15) is 12.7 Å². The van der Waals surface area contributed by atoms with Crippen LogP contribution in [0, 0.1) is 16.0 Å². The lowest BCUT2D eigenvalue weighted by Gasteiger charge is -2.12. The lowest BCUT2D eigenvalue weighted by molar-refractivity contribution is -0.402. The fourth-order valence-electron chi connectivity index (χ4n) is 1.99. The Morgan fingerprint density at radius 2 is 2.38 bits per heavy atom. The Labute approximate surface area is 93.2 Å². The molecule has 1 aromatic rings. The van der Waals surface area contributed by atoms with Gasteiger partial charge in [-0.2, -0.15) is 0 Å². The minimum atomic E-state index is -0.526. The van der Waals surface area contributed by atoms with Crippen molar-refractivity contribution in [1.29, 1.82) is 0 Å². The molecule has 0 aliphatic carbocycles. The van der Waals surface area contributed by atoms with E-state index in [0.29, 0.717) is 18.2 Å². The summed E-state index contributed by atoms with van der Waals surface area (Å²) < 4.78 is 5.10. The smallest absolute Gasteiger partial charge is 0.404 e. The average molecular weight is 225 g/mol. The van der Waals surface area contributed by atoms with E-state index in [1.165, 1.54) is 6.07 Å². The van der Waals surface area contributed by atoms with Crippen molar-refractivity contribution in [2.75, 3.05) is 13.1 Å². The van der Waals surface area contributed by atoms with E-state index in [9.17, 15) is 10.1 Å². The Morgan fingerprint density at radius 1 is 1.62 bits per heavy atom. The number of nitrogens with zero attached hydrogens (tertiary/aromatic N) is 2. The van der Waals surface area contributed by atoms with Crippen LogP contribution in [0.3, 0.4) is 0 Å². The SMILES string of the molecule is CC1CN(Cc2ccc([N+](=O)[O-])o2)CC1N. The van der Waals surface area contributed by atoms with Gasteiger partial charge in [0.25, 0.3) is 0 Å². The van der Waals surface area contributed by atoms with E-state index in [-0.39, 0.29) is 11.9 Å². The largest absolute Gasteiger partial charge is 0.433 e. The van der Waals surface area contributed by atoms with Crippen LogP contribution >= 0.6 is 0 Å². The third kappa shape index (κ3) is 2.23. The van der Waals surface area contributed by atoms with Crippen LogP contribution in [0.4, 0.5) is 5.88 Å². The number of hydrogen-bond donors (Lipinski definition) is 1. The minimum absolute atomic E-state index is 0.185. The normalized spacial score (nSPS) is 26.1. The van der Waals surface area contributed by atoms with Crippen molar-refractivity contribution in [3.8, 4) is 0 Å². The highest BCUT2D eigenvalue weighted by Crippen LogP contribution is 2.21. The predicted molar refractivity (Wildman–Crippen MR) is 57.8 cm³/mol. The van der Waals surface area contributed by atoms with E-state index >= 15 is 0 Å². The fourth-order valence-corrected chi connectivity index (χ4v) is 1.99. The fraction of sp³-hybridized carbons (Fsp3) is 0.600. The van der Waals surface area contributed by atoms with Gasteiger partial charge in [-0.15, -0.1) is 0 Å². The summed E-state index contributed by atoms with van der Waals surface area (Å²) in [5, 5.41) is 10.4. The third-order valence-electron chi connectivity index (χ3n) is 2.95. The first-order chi connectivity index (χ1) is 7.56. The summed E-state index contributed by atoms with van der Waals surface area (Å²) in [6.45, 7) is 4.42. The monoisotopic (exact) mass is 225 g/mol. The molecule has 2 atom stereocenters. The first-order valence-electron chi connectivity index (χ1n) is 5.27. The highest BCUT2D eigenvalue weighted by Gasteiger charge is 2.27. The molecule has 0 spiro atoms. The third-order valence-corrected chi connectivity index (χ3v) is 2.95. The molecule has 2 unspecified atom stereocenters. The molecule has 6 nitrogen and oxygen atoms in total. The molecule has 2 rings (SSSR count). The summed E-state index contributed by atoms with van der Waals surface area (Å²) in [6, 6.07) is 3.21. The molecule has 0 aromatic carbocycles. The van der Waals surface area contributed by atoms with Crippen molar-refractivity contribution in [2.45, 2.75) is 19.5 Å². The van der Waals surface area contributed by atoms with Crippen molar-refractivity contribution in [3.63, 3.8) is 0 Å². The molecule has 1 aliphatic heterocycles. The zero-order valence-corrected chi connectivity index (χ0v) is 9.13. The van der Waals surface area contributed by atoms with Gasteiger partial charge >= 0.3 is 5.88 Å². The number of rotatable bonds is 3. The minimum Gasteiger partial charge on any atom is -0.404 e. The van der Waals surface area contributed by atoms with Gasteiger partial charge in [-0.1, -0.05) is 6.92 Å². The second kappa shape index (κ2) is 4.23. The average Bonchev–Trinajstić information content (AvgIpc) is 2.76. The summed E-state index contributed by atoms with van der Waals surface area (Å²) in [7, 11) is 0. The maximum Gasteiger partial charge on any atom is 0.433 e. The van der Waals surface area contributed by atoms with E-state index in [2.05, 4.69) is 11.8 Å². The number of nitro groups is 1. The number of furan rings is 1. The molecule has 1 aliphatic rings. The number of nitrogens with two attached hydrogens (primary N) is 1. The molecule has 0 bridgehead atoms. The van der Waals surface area contributed by atoms with Gasteiger partial charge in [0.2, 0.25) is 0 Å². The van der Waals surface area contributed by atoms with Gasteiger partial charge in [0.05, 0.1) is 12.6 Å². The lowest BCUT2D eigenvalue weighted by Crippen LogP contribution is -2.28. The van der Waals surface area contributed by atoms with Crippen molar-refractivity contribution in [1.82, 2.24) is 4.90 Å². The topological polar surface area (TPSA) is 85.5 Å². The lowest BCUT2D eigenvalue weighted by atomic mass is 10.1. The standard InChI is InChI=1S/C10H15N3O3/c1-7-4-12(6-9(7)11)5-8-2-3-10(16-8)13(14)15/h2-3,7,9H,4-6,11H2,1H3. The maximum atomic E-state index is 10.4. The highest BCUT2D eigenvalue weighted by molar-refractivity contribution is 5.17. The van der Waals surface area contributed by atoms with Crippen molar-refractivity contribution < 1.29 is 9.34 Å². The molecular weight excluding hydrogens is 210 g/mol. The molecule has 88 valence electrons. The molecule has 16 heavy (non-hydrogen) atoms. The van der Waals surface area contributed by atoms with Gasteiger partial charge in [-0.25, -0.2) is 0 Å². The van der Waals surface area contributed by atoms with Gasteiger partial charge in [0, 0.05) is 19.1 Å². The molecule has 0 amide bonds. The second-order valence-electron chi connectivity index (χ2n) is 4.33. The van der Waals surface area contributed by atoms with Crippen molar-refractivity contribution in [3.05, 3.63) is 28.0 Å². The van der Waals surface area contributed by atoms with E-state index in [0.717, 1.165) is 13.1 Å². The Bertz CT molecular complexity index is 380. The van der Waals surface area contributed by atoms with Gasteiger partial charge in [-0.05, 0) is 12.0 Å².